The van der Waals surface area contributed by atoms with Gasteiger partial charge in [0.2, 0.25) is 0 Å². The van der Waals surface area contributed by atoms with E-state index in [9.17, 15) is 0 Å². The summed E-state index contributed by atoms with van der Waals surface area (Å²) in [5, 5.41) is 5.37. The number of nitrogens with two attached hydrogens (primary N) is 1. The second-order valence-electron chi connectivity index (χ2n) is 3.30. The first-order valence-corrected chi connectivity index (χ1v) is 6.24. The van der Waals surface area contributed by atoms with E-state index in [0.29, 0.717) is 0 Å². The average molecular weight is 232 g/mol. The molecule has 0 atom stereocenters. The van der Waals surface area contributed by atoms with Crippen molar-refractivity contribution in [1.82, 2.24) is 4.37 Å². The van der Waals surface area contributed by atoms with E-state index in [1.54, 1.807) is 11.3 Å². The predicted octanol–water partition coefficient (Wildman–Crippen LogP) is 3.61. The van der Waals surface area contributed by atoms with Gasteiger partial charge in [0.05, 0.1) is 10.4 Å². The lowest BCUT2D eigenvalue weighted by Gasteiger charge is -1.94. The number of nitrogens with zero attached hydrogens (tertiary/aromatic N) is 1. The number of hydrogen-bond acceptors (Lipinski definition) is 4. The fourth-order valence-electron chi connectivity index (χ4n) is 1.56. The first kappa shape index (κ1) is 8.88. The third-order valence-corrected chi connectivity index (χ3v) is 3.78. The van der Waals surface area contributed by atoms with Crippen LogP contribution in [0.1, 0.15) is 0 Å². The van der Waals surface area contributed by atoms with Crippen LogP contribution >= 0.6 is 22.9 Å². The van der Waals surface area contributed by atoms with Crippen LogP contribution in [0.5, 0.6) is 0 Å². The number of benzene rings is 1. The quantitative estimate of drug-likeness (QED) is 0.651. The number of thiophene rings is 1. The largest absolute Gasteiger partial charge is 0.399 e. The molecular weight excluding hydrogens is 224 g/mol. The van der Waals surface area contributed by atoms with E-state index in [1.807, 2.05) is 18.2 Å². The molecule has 0 amide bonds. The molecule has 4 heteroatoms. The molecular formula is C11H8N2S2. The lowest BCUT2D eigenvalue weighted by atomic mass is 10.1. The second kappa shape index (κ2) is 3.32. The zero-order chi connectivity index (χ0) is 10.3. The van der Waals surface area contributed by atoms with Gasteiger partial charge in [0.15, 0.2) is 0 Å². The minimum absolute atomic E-state index is 0.794. The number of hydrogen-bond donors (Lipinski definition) is 1. The molecule has 0 radical (unpaired) electrons. The summed E-state index contributed by atoms with van der Waals surface area (Å²) in [6.45, 7) is 0. The Hall–Kier alpha value is -1.39. The number of nitrogen functional groups attached to an aromatic ring is 1. The molecule has 0 bridgehead atoms. The lowest BCUT2D eigenvalue weighted by Crippen LogP contribution is -1.81. The summed E-state index contributed by atoms with van der Waals surface area (Å²) in [6, 6.07) is 8.03. The predicted molar refractivity (Wildman–Crippen MR) is 67.3 cm³/mol. The van der Waals surface area contributed by atoms with Crippen LogP contribution in [0, 0.1) is 0 Å². The normalized spacial score (nSPS) is 10.9. The second-order valence-corrected chi connectivity index (χ2v) is 4.88. The van der Waals surface area contributed by atoms with Gasteiger partial charge in [-0.3, -0.25) is 0 Å². The highest BCUT2D eigenvalue weighted by Crippen LogP contribution is 2.32. The first-order chi connectivity index (χ1) is 7.34. The van der Waals surface area contributed by atoms with Gasteiger partial charge >= 0.3 is 0 Å². The molecule has 2 aromatic heterocycles. The molecule has 3 rings (SSSR count). The molecule has 0 fully saturated rings. The molecule has 0 aliphatic heterocycles. The third-order valence-electron chi connectivity index (χ3n) is 2.29. The van der Waals surface area contributed by atoms with Gasteiger partial charge in [-0.25, -0.2) is 0 Å². The molecule has 2 N–H and O–H groups in total. The van der Waals surface area contributed by atoms with Gasteiger partial charge in [0.1, 0.15) is 0 Å². The van der Waals surface area contributed by atoms with Gasteiger partial charge in [-0.05, 0) is 41.2 Å². The van der Waals surface area contributed by atoms with Crippen LogP contribution in [-0.2, 0) is 0 Å². The van der Waals surface area contributed by atoms with Crippen molar-refractivity contribution in [3.8, 4) is 11.3 Å². The van der Waals surface area contributed by atoms with Crippen molar-refractivity contribution in [3.63, 3.8) is 0 Å². The third kappa shape index (κ3) is 1.42. The molecule has 0 saturated carbocycles. The Morgan fingerprint density at radius 1 is 1.20 bits per heavy atom. The van der Waals surface area contributed by atoms with Crippen LogP contribution in [0.2, 0.25) is 0 Å². The SMILES string of the molecule is Nc1ccc2c(-c3ccsc3)nsc2c1. The molecule has 0 aliphatic carbocycles. The van der Waals surface area contributed by atoms with Crippen molar-refractivity contribution in [2.45, 2.75) is 0 Å². The van der Waals surface area contributed by atoms with Gasteiger partial charge < -0.3 is 5.73 Å². The summed E-state index contributed by atoms with van der Waals surface area (Å²) < 4.78 is 5.62. The van der Waals surface area contributed by atoms with Crippen LogP contribution in [0.3, 0.4) is 0 Å². The van der Waals surface area contributed by atoms with Crippen molar-refractivity contribution in [2.75, 3.05) is 5.73 Å². The summed E-state index contributed by atoms with van der Waals surface area (Å²) >= 11 is 3.19. The molecule has 74 valence electrons. The van der Waals surface area contributed by atoms with Crippen molar-refractivity contribution < 1.29 is 0 Å². The zero-order valence-corrected chi connectivity index (χ0v) is 9.44. The van der Waals surface area contributed by atoms with E-state index < -0.39 is 0 Å². The smallest absolute Gasteiger partial charge is 0.0927 e. The van der Waals surface area contributed by atoms with Crippen molar-refractivity contribution >= 4 is 38.6 Å². The minimum Gasteiger partial charge on any atom is -0.399 e. The first-order valence-electron chi connectivity index (χ1n) is 4.52. The Bertz CT molecular complexity index is 596. The van der Waals surface area contributed by atoms with E-state index in [0.717, 1.165) is 16.1 Å². The van der Waals surface area contributed by atoms with E-state index >= 15 is 0 Å². The Kier molecular flexibility index (Phi) is 1.97. The van der Waals surface area contributed by atoms with Crippen LogP contribution in [0.25, 0.3) is 21.3 Å². The minimum atomic E-state index is 0.794. The van der Waals surface area contributed by atoms with Gasteiger partial charge in [-0.2, -0.15) is 15.7 Å². The van der Waals surface area contributed by atoms with Gasteiger partial charge in [0.25, 0.3) is 0 Å². The Labute approximate surface area is 95.2 Å². The zero-order valence-electron chi connectivity index (χ0n) is 7.81. The van der Waals surface area contributed by atoms with E-state index in [4.69, 9.17) is 5.73 Å². The molecule has 0 saturated heterocycles. The summed E-state index contributed by atoms with van der Waals surface area (Å²) in [4.78, 5) is 0. The monoisotopic (exact) mass is 232 g/mol. The Morgan fingerprint density at radius 2 is 2.13 bits per heavy atom. The number of aromatic nitrogens is 1. The van der Waals surface area contributed by atoms with Gasteiger partial charge in [0, 0.05) is 22.0 Å². The molecule has 0 aliphatic rings. The van der Waals surface area contributed by atoms with Gasteiger partial charge in [-0.1, -0.05) is 0 Å². The highest BCUT2D eigenvalue weighted by Gasteiger charge is 2.08. The van der Waals surface area contributed by atoms with Gasteiger partial charge in [-0.15, -0.1) is 0 Å². The highest BCUT2D eigenvalue weighted by molar-refractivity contribution is 7.13. The average Bonchev–Trinajstić information content (AvgIpc) is 2.82. The molecule has 0 spiro atoms. The standard InChI is InChI=1S/C11H8N2S2/c12-8-1-2-9-10(5-8)15-13-11(9)7-3-4-14-6-7/h1-6H,12H2. The van der Waals surface area contributed by atoms with Crippen molar-refractivity contribution in [1.29, 1.82) is 0 Å². The van der Waals surface area contributed by atoms with Crippen molar-refractivity contribution in [3.05, 3.63) is 35.0 Å². The summed E-state index contributed by atoms with van der Waals surface area (Å²) in [5.74, 6) is 0. The fourth-order valence-corrected chi connectivity index (χ4v) is 3.05. The number of rotatable bonds is 1. The number of anilines is 1. The number of fused-ring (bicyclic) bond motifs is 1. The molecule has 3 aromatic rings. The summed E-state index contributed by atoms with van der Waals surface area (Å²) in [6.07, 6.45) is 0. The maximum atomic E-state index is 5.73. The van der Waals surface area contributed by atoms with Crippen LogP contribution in [0.15, 0.2) is 35.0 Å². The highest BCUT2D eigenvalue weighted by atomic mass is 32.1. The lowest BCUT2D eigenvalue weighted by molar-refractivity contribution is 1.58. The fraction of sp³-hybridized carbons (Fsp3) is 0. The van der Waals surface area contributed by atoms with Crippen LogP contribution in [0.4, 0.5) is 5.69 Å². The summed E-state index contributed by atoms with van der Waals surface area (Å²) in [7, 11) is 0. The maximum absolute atomic E-state index is 5.73. The molecule has 0 unspecified atom stereocenters. The van der Waals surface area contributed by atoms with Crippen LogP contribution < -0.4 is 5.73 Å². The van der Waals surface area contributed by atoms with Crippen molar-refractivity contribution in [2.24, 2.45) is 0 Å². The molecule has 2 heterocycles. The van der Waals surface area contributed by atoms with Crippen LogP contribution in [-0.4, -0.2) is 4.37 Å². The maximum Gasteiger partial charge on any atom is 0.0927 e. The topological polar surface area (TPSA) is 38.9 Å². The van der Waals surface area contributed by atoms with E-state index in [1.165, 1.54) is 22.5 Å². The Morgan fingerprint density at radius 3 is 2.93 bits per heavy atom. The van der Waals surface area contributed by atoms with E-state index in [2.05, 4.69) is 21.2 Å². The Balaban J connectivity index is 2.29. The molecule has 1 aromatic carbocycles. The molecule has 2 nitrogen and oxygen atoms in total. The molecule has 15 heavy (non-hydrogen) atoms. The van der Waals surface area contributed by atoms with E-state index in [-0.39, 0.29) is 0 Å². The summed E-state index contributed by atoms with van der Waals surface area (Å²) in [5.41, 5.74) is 8.78.